The van der Waals surface area contributed by atoms with Crippen molar-refractivity contribution in [2.24, 2.45) is 22.7 Å². The normalized spacial score (nSPS) is 46.1. The lowest BCUT2D eigenvalue weighted by Gasteiger charge is -2.63. The number of rotatable bonds is 5. The summed E-state index contributed by atoms with van der Waals surface area (Å²) in [5, 5.41) is 0. The molecule has 0 amide bonds. The third-order valence-electron chi connectivity index (χ3n) is 9.54. The van der Waals surface area contributed by atoms with Crippen molar-refractivity contribution in [2.75, 3.05) is 6.26 Å². The Bertz CT molecular complexity index is 837. The van der Waals surface area contributed by atoms with E-state index in [1.165, 1.54) is 19.4 Å². The zero-order valence-electron chi connectivity index (χ0n) is 19.6. The van der Waals surface area contributed by atoms with Crippen LogP contribution in [0.2, 0.25) is 0 Å². The molecule has 0 spiro atoms. The first kappa shape index (κ1) is 23.1. The number of fused-ring (bicyclic) bond motifs is 5. The summed E-state index contributed by atoms with van der Waals surface area (Å²) in [6, 6.07) is 0. The molecular weight excluding hydrogens is 411 g/mol. The van der Waals surface area contributed by atoms with Crippen molar-refractivity contribution in [3.05, 3.63) is 23.8 Å². The minimum atomic E-state index is -1.69. The smallest absolute Gasteiger partial charge is 0.303 e. The monoisotopic (exact) mass is 448 g/mol. The molecule has 0 radical (unpaired) electrons. The van der Waals surface area contributed by atoms with E-state index < -0.39 is 23.2 Å². The molecule has 4 aliphatic carbocycles. The lowest BCUT2D eigenvalue weighted by atomic mass is 9.45. The van der Waals surface area contributed by atoms with Crippen LogP contribution in [0.3, 0.4) is 0 Å². The van der Waals surface area contributed by atoms with Gasteiger partial charge >= 0.3 is 5.97 Å². The van der Waals surface area contributed by atoms with Gasteiger partial charge in [-0.05, 0) is 75.2 Å². The van der Waals surface area contributed by atoms with Crippen LogP contribution in [0, 0.1) is 22.7 Å². The van der Waals surface area contributed by atoms with Crippen LogP contribution in [0.4, 0.5) is 4.39 Å². The van der Waals surface area contributed by atoms with Gasteiger partial charge in [0.15, 0.2) is 11.5 Å². The van der Waals surface area contributed by atoms with E-state index in [1.54, 1.807) is 12.2 Å². The number of halogens is 1. The number of hydrogen-bond donors (Lipinski definition) is 0. The molecule has 0 aliphatic heterocycles. The molecule has 0 saturated heterocycles. The van der Waals surface area contributed by atoms with Gasteiger partial charge in [0.25, 0.3) is 0 Å². The van der Waals surface area contributed by atoms with Crippen LogP contribution in [0.5, 0.6) is 0 Å². The molecule has 4 rings (SSSR count). The fraction of sp³-hybridized carbons (Fsp3) is 0.769. The Morgan fingerprint density at radius 1 is 1.29 bits per heavy atom. The summed E-state index contributed by atoms with van der Waals surface area (Å²) in [5.74, 6) is -0.398. The highest BCUT2D eigenvalue weighted by Gasteiger charge is 2.73. The fourth-order valence-corrected chi connectivity index (χ4v) is 9.26. The Labute approximate surface area is 190 Å². The number of ketones is 1. The van der Waals surface area contributed by atoms with E-state index >= 15 is 4.39 Å². The highest BCUT2D eigenvalue weighted by molar-refractivity contribution is 8.00. The molecule has 3 nitrogen and oxygen atoms in total. The predicted molar refractivity (Wildman–Crippen MR) is 124 cm³/mol. The number of thioether (sulfide) groups is 1. The molecule has 4 aliphatic rings. The molecule has 5 heteroatoms. The molecule has 0 heterocycles. The van der Waals surface area contributed by atoms with Gasteiger partial charge in [0.05, 0.1) is 0 Å². The van der Waals surface area contributed by atoms with Crippen molar-refractivity contribution in [3.63, 3.8) is 0 Å². The van der Waals surface area contributed by atoms with Crippen LogP contribution in [-0.2, 0) is 14.3 Å². The summed E-state index contributed by atoms with van der Waals surface area (Å²) < 4.78 is 23.6. The zero-order valence-corrected chi connectivity index (χ0v) is 20.4. The molecule has 0 aromatic heterocycles. The first-order chi connectivity index (χ1) is 14.6. The van der Waals surface area contributed by atoms with Crippen LogP contribution in [0.25, 0.3) is 0 Å². The predicted octanol–water partition coefficient (Wildman–Crippen LogP) is 6.22. The zero-order chi connectivity index (χ0) is 22.7. The maximum Gasteiger partial charge on any atom is 0.303 e. The number of unbranched alkanes of at least 4 members (excludes halogenated alkanes) is 1. The number of ether oxygens (including phenoxy) is 1. The molecular formula is C26H37FO3S. The van der Waals surface area contributed by atoms with E-state index in [9.17, 15) is 9.59 Å². The number of esters is 1. The third kappa shape index (κ3) is 3.04. The van der Waals surface area contributed by atoms with E-state index in [0.29, 0.717) is 6.42 Å². The van der Waals surface area contributed by atoms with Crippen LogP contribution in [-0.4, -0.2) is 34.5 Å². The molecule has 0 aromatic carbocycles. The maximum atomic E-state index is 17.6. The van der Waals surface area contributed by atoms with Crippen LogP contribution in [0.15, 0.2) is 23.8 Å². The topological polar surface area (TPSA) is 43.4 Å². The quantitative estimate of drug-likeness (QED) is 0.468. The van der Waals surface area contributed by atoms with Gasteiger partial charge < -0.3 is 4.74 Å². The number of allylic oxidation sites excluding steroid dienone is 4. The van der Waals surface area contributed by atoms with Gasteiger partial charge in [0.1, 0.15) is 6.10 Å². The van der Waals surface area contributed by atoms with Crippen molar-refractivity contribution in [1.82, 2.24) is 0 Å². The SMILES string of the molecule is CCCC[C@]1(SC)CC[C@H]2[C@@H]3CCC4=CC(=O)C=C[C@]4(C)[C@@]3(F)[C@@H](OC(C)=O)C[C@@]21C. The maximum absolute atomic E-state index is 17.6. The highest BCUT2D eigenvalue weighted by Crippen LogP contribution is 2.72. The van der Waals surface area contributed by atoms with Crippen LogP contribution in [0.1, 0.15) is 79.1 Å². The summed E-state index contributed by atoms with van der Waals surface area (Å²) in [6.07, 6.45) is 13.9. The second-order valence-corrected chi connectivity index (χ2v) is 11.9. The van der Waals surface area contributed by atoms with Gasteiger partial charge in [-0.1, -0.05) is 38.3 Å². The summed E-state index contributed by atoms with van der Waals surface area (Å²) in [7, 11) is 0. The molecule has 3 fully saturated rings. The second kappa shape index (κ2) is 7.74. The number of alkyl halides is 1. The van der Waals surface area contributed by atoms with Crippen LogP contribution >= 0.6 is 11.8 Å². The Hall–Kier alpha value is -1.10. The minimum Gasteiger partial charge on any atom is -0.459 e. The summed E-state index contributed by atoms with van der Waals surface area (Å²) in [6.45, 7) is 7.88. The van der Waals surface area contributed by atoms with Crippen molar-refractivity contribution in [3.8, 4) is 0 Å². The van der Waals surface area contributed by atoms with Gasteiger partial charge in [0.2, 0.25) is 0 Å². The number of hydrogen-bond acceptors (Lipinski definition) is 4. The average Bonchev–Trinajstić information content (AvgIpc) is 3.00. The van der Waals surface area contributed by atoms with E-state index in [1.807, 2.05) is 18.7 Å². The van der Waals surface area contributed by atoms with Gasteiger partial charge in [-0.25, -0.2) is 4.39 Å². The lowest BCUT2D eigenvalue weighted by molar-refractivity contribution is -0.211. The average molecular weight is 449 g/mol. The van der Waals surface area contributed by atoms with Crippen molar-refractivity contribution in [2.45, 2.75) is 95.6 Å². The fourth-order valence-electron chi connectivity index (χ4n) is 7.89. The van der Waals surface area contributed by atoms with E-state index in [-0.39, 0.29) is 27.8 Å². The molecule has 0 bridgehead atoms. The highest BCUT2D eigenvalue weighted by atomic mass is 32.2. The first-order valence-electron chi connectivity index (χ1n) is 11.9. The van der Waals surface area contributed by atoms with Crippen LogP contribution < -0.4 is 0 Å². The first-order valence-corrected chi connectivity index (χ1v) is 13.2. The van der Waals surface area contributed by atoms with Gasteiger partial charge in [-0.15, -0.1) is 0 Å². The summed E-state index contributed by atoms with van der Waals surface area (Å²) >= 11 is 1.95. The molecule has 172 valence electrons. The summed E-state index contributed by atoms with van der Waals surface area (Å²) in [5.41, 5.74) is -1.81. The minimum absolute atomic E-state index is 0.0685. The van der Waals surface area contributed by atoms with Gasteiger partial charge in [-0.2, -0.15) is 11.8 Å². The molecule has 0 aromatic rings. The van der Waals surface area contributed by atoms with E-state index in [2.05, 4.69) is 20.1 Å². The molecule has 7 atom stereocenters. The number of carbonyl (C=O) groups is 2. The molecule has 31 heavy (non-hydrogen) atoms. The Morgan fingerprint density at radius 3 is 2.68 bits per heavy atom. The standard InChI is InChI=1S/C26H37FO3S/c1-6-7-12-25(31-5)14-11-20-21-9-8-18-15-19(29)10-13-23(18,3)26(21,27)22(30-17(2)28)16-24(20,25)4/h10,13,15,20-22H,6-9,11-12,14,16H2,1-5H3/t20-,21-,22-,23-,24-,25-,26-/m0/s1. The molecule has 0 unspecified atom stereocenters. The largest absolute Gasteiger partial charge is 0.459 e. The van der Waals surface area contributed by atoms with E-state index in [0.717, 1.165) is 44.1 Å². The van der Waals surface area contributed by atoms with E-state index in [4.69, 9.17) is 4.74 Å². The third-order valence-corrected chi connectivity index (χ3v) is 11.2. The molecule has 3 saturated carbocycles. The van der Waals surface area contributed by atoms with Crippen molar-refractivity contribution >= 4 is 23.5 Å². The van der Waals surface area contributed by atoms with Crippen molar-refractivity contribution < 1.29 is 18.7 Å². The molecule has 0 N–H and O–H groups in total. The second-order valence-electron chi connectivity index (χ2n) is 10.7. The summed E-state index contributed by atoms with van der Waals surface area (Å²) in [4.78, 5) is 24.2. The Balaban J connectivity index is 1.83. The van der Waals surface area contributed by atoms with Crippen molar-refractivity contribution in [1.29, 1.82) is 0 Å². The number of carbonyl (C=O) groups excluding carboxylic acids is 2. The Kier molecular flexibility index (Phi) is 5.76. The lowest BCUT2D eigenvalue weighted by Crippen LogP contribution is -2.68. The Morgan fingerprint density at radius 2 is 2.03 bits per heavy atom. The van der Waals surface area contributed by atoms with Gasteiger partial charge in [-0.3, -0.25) is 9.59 Å². The van der Waals surface area contributed by atoms with Gasteiger partial charge in [0, 0.05) is 23.0 Å².